The number of oxime groups is 1. The van der Waals surface area contributed by atoms with E-state index < -0.39 is 0 Å². The van der Waals surface area contributed by atoms with Gasteiger partial charge in [-0.05, 0) is 37.7 Å². The van der Waals surface area contributed by atoms with Gasteiger partial charge in [0.15, 0.2) is 0 Å². The molecule has 3 nitrogen and oxygen atoms in total. The third-order valence-electron chi connectivity index (χ3n) is 2.58. The van der Waals surface area contributed by atoms with Gasteiger partial charge in [0.2, 0.25) is 0 Å². The maximum Gasteiger partial charge on any atom is 0.106 e. The van der Waals surface area contributed by atoms with E-state index in [1.807, 2.05) is 0 Å². The predicted octanol–water partition coefficient (Wildman–Crippen LogP) is 3.18. The summed E-state index contributed by atoms with van der Waals surface area (Å²) in [6.07, 6.45) is 9.41. The first kappa shape index (κ1) is 11.8. The van der Waals surface area contributed by atoms with E-state index in [0.717, 1.165) is 44.2 Å². The summed E-state index contributed by atoms with van der Waals surface area (Å²) in [5, 5.41) is 12.4. The zero-order chi connectivity index (χ0) is 10.9. The third-order valence-corrected chi connectivity index (χ3v) is 2.58. The molecule has 0 aliphatic heterocycles. The second kappa shape index (κ2) is 7.05. The third kappa shape index (κ3) is 4.16. The molecule has 0 radical (unpaired) electrons. The van der Waals surface area contributed by atoms with E-state index in [9.17, 15) is 0 Å². The number of unbranched alkanes of at least 4 members (excludes halogenated alkanes) is 3. The van der Waals surface area contributed by atoms with Crippen molar-refractivity contribution in [3.8, 4) is 6.07 Å². The van der Waals surface area contributed by atoms with Gasteiger partial charge in [-0.1, -0.05) is 17.7 Å². The first-order chi connectivity index (χ1) is 7.38. The van der Waals surface area contributed by atoms with E-state index in [4.69, 9.17) is 10.1 Å². The Morgan fingerprint density at radius 2 is 2.33 bits per heavy atom. The van der Waals surface area contributed by atoms with Crippen LogP contribution in [0.3, 0.4) is 0 Å². The van der Waals surface area contributed by atoms with Gasteiger partial charge >= 0.3 is 0 Å². The van der Waals surface area contributed by atoms with E-state index in [1.54, 1.807) is 7.11 Å². The van der Waals surface area contributed by atoms with E-state index in [-0.39, 0.29) is 0 Å². The highest BCUT2D eigenvalue weighted by Crippen LogP contribution is 2.21. The lowest BCUT2D eigenvalue weighted by Gasteiger charge is -2.03. The van der Waals surface area contributed by atoms with Crippen LogP contribution in [0.5, 0.6) is 0 Å². The second-order valence-electron chi connectivity index (χ2n) is 3.71. The molecule has 3 heteroatoms. The molecule has 15 heavy (non-hydrogen) atoms. The van der Waals surface area contributed by atoms with Gasteiger partial charge in [0, 0.05) is 6.42 Å². The van der Waals surface area contributed by atoms with Crippen LogP contribution in [0.1, 0.15) is 44.9 Å². The number of hydrogen-bond donors (Lipinski definition) is 0. The summed E-state index contributed by atoms with van der Waals surface area (Å²) in [5.41, 5.74) is 2.45. The Kier molecular flexibility index (Phi) is 5.54. The summed E-state index contributed by atoms with van der Waals surface area (Å²) >= 11 is 0. The maximum atomic E-state index is 8.39. The molecule has 0 N–H and O–H groups in total. The number of nitrogens with zero attached hydrogens (tertiary/aromatic N) is 2. The standard InChI is InChI=1S/C12H18N2O/c1-15-14-12-9-6-8-11(12)7-4-2-3-5-10-13/h8H,2-7,9H2,1H3/b14-12-. The minimum atomic E-state index is 0.679. The zero-order valence-electron chi connectivity index (χ0n) is 9.33. The van der Waals surface area contributed by atoms with Crippen LogP contribution in [0.25, 0.3) is 0 Å². The van der Waals surface area contributed by atoms with Crippen molar-refractivity contribution < 1.29 is 4.84 Å². The lowest BCUT2D eigenvalue weighted by Crippen LogP contribution is -1.98. The minimum absolute atomic E-state index is 0.679. The normalized spacial score (nSPS) is 17.6. The largest absolute Gasteiger partial charge is 0.399 e. The molecule has 82 valence electrons. The molecule has 0 saturated carbocycles. The quantitative estimate of drug-likeness (QED) is 0.495. The first-order valence-corrected chi connectivity index (χ1v) is 5.55. The molecule has 1 aliphatic rings. The summed E-state index contributed by atoms with van der Waals surface area (Å²) in [4.78, 5) is 4.80. The van der Waals surface area contributed by atoms with Crippen LogP contribution in [-0.4, -0.2) is 12.8 Å². The fourth-order valence-corrected chi connectivity index (χ4v) is 1.82. The minimum Gasteiger partial charge on any atom is -0.399 e. The molecule has 0 heterocycles. The number of rotatable bonds is 6. The predicted molar refractivity (Wildman–Crippen MR) is 60.5 cm³/mol. The van der Waals surface area contributed by atoms with Gasteiger partial charge in [0.25, 0.3) is 0 Å². The molecule has 1 aliphatic carbocycles. The van der Waals surface area contributed by atoms with Crippen molar-refractivity contribution in [2.45, 2.75) is 44.9 Å². The Bertz CT molecular complexity index is 286. The molecular weight excluding hydrogens is 188 g/mol. The van der Waals surface area contributed by atoms with Crippen molar-refractivity contribution in [2.24, 2.45) is 5.16 Å². The Morgan fingerprint density at radius 1 is 1.47 bits per heavy atom. The van der Waals surface area contributed by atoms with Crippen LogP contribution in [0.4, 0.5) is 0 Å². The lowest BCUT2D eigenvalue weighted by molar-refractivity contribution is 0.213. The van der Waals surface area contributed by atoms with Gasteiger partial charge in [-0.3, -0.25) is 0 Å². The van der Waals surface area contributed by atoms with Crippen molar-refractivity contribution >= 4 is 5.71 Å². The van der Waals surface area contributed by atoms with Crippen molar-refractivity contribution in [3.05, 3.63) is 11.6 Å². The van der Waals surface area contributed by atoms with Crippen LogP contribution in [0, 0.1) is 11.3 Å². The van der Waals surface area contributed by atoms with Crippen molar-refractivity contribution in [1.29, 1.82) is 5.26 Å². The maximum absolute atomic E-state index is 8.39. The fourth-order valence-electron chi connectivity index (χ4n) is 1.82. The van der Waals surface area contributed by atoms with Crippen LogP contribution in [0.15, 0.2) is 16.8 Å². The molecule has 0 atom stereocenters. The van der Waals surface area contributed by atoms with Gasteiger partial charge in [0.1, 0.15) is 7.11 Å². The Labute approximate surface area is 91.4 Å². The Balaban J connectivity index is 2.21. The summed E-state index contributed by atoms with van der Waals surface area (Å²) < 4.78 is 0. The molecule has 0 fully saturated rings. The van der Waals surface area contributed by atoms with E-state index in [0.29, 0.717) is 6.42 Å². The van der Waals surface area contributed by atoms with Gasteiger partial charge < -0.3 is 4.84 Å². The molecule has 0 bridgehead atoms. The molecule has 0 spiro atoms. The molecule has 0 saturated heterocycles. The summed E-state index contributed by atoms with van der Waals surface area (Å²) in [7, 11) is 1.59. The summed E-state index contributed by atoms with van der Waals surface area (Å²) in [6.45, 7) is 0. The molecule has 1 rings (SSSR count). The van der Waals surface area contributed by atoms with E-state index in [2.05, 4.69) is 17.3 Å². The van der Waals surface area contributed by atoms with Crippen molar-refractivity contribution in [2.75, 3.05) is 7.11 Å². The molecule has 0 aromatic rings. The van der Waals surface area contributed by atoms with Crippen LogP contribution >= 0.6 is 0 Å². The number of nitriles is 1. The Hall–Kier alpha value is -1.30. The summed E-state index contributed by atoms with van der Waals surface area (Å²) in [6, 6.07) is 2.17. The molecular formula is C12H18N2O. The molecule has 0 unspecified atom stereocenters. The van der Waals surface area contributed by atoms with E-state index >= 15 is 0 Å². The highest BCUT2D eigenvalue weighted by Gasteiger charge is 2.13. The van der Waals surface area contributed by atoms with Gasteiger partial charge in [-0.25, -0.2) is 0 Å². The zero-order valence-corrected chi connectivity index (χ0v) is 9.33. The molecule has 0 aromatic carbocycles. The highest BCUT2D eigenvalue weighted by molar-refractivity contribution is 6.01. The van der Waals surface area contributed by atoms with Gasteiger partial charge in [-0.15, -0.1) is 0 Å². The second-order valence-corrected chi connectivity index (χ2v) is 3.71. The average molecular weight is 206 g/mol. The SMILES string of the molecule is CO/N=C1/CCC=C1CCCCCC#N. The highest BCUT2D eigenvalue weighted by atomic mass is 16.6. The Morgan fingerprint density at radius 3 is 3.07 bits per heavy atom. The van der Waals surface area contributed by atoms with Crippen LogP contribution in [-0.2, 0) is 4.84 Å². The molecule has 0 aromatic heterocycles. The lowest BCUT2D eigenvalue weighted by atomic mass is 10.1. The van der Waals surface area contributed by atoms with Crippen molar-refractivity contribution in [3.63, 3.8) is 0 Å². The van der Waals surface area contributed by atoms with Crippen LogP contribution < -0.4 is 0 Å². The average Bonchev–Trinajstić information content (AvgIpc) is 2.66. The monoisotopic (exact) mass is 206 g/mol. The topological polar surface area (TPSA) is 45.4 Å². The summed E-state index contributed by atoms with van der Waals surface area (Å²) in [5.74, 6) is 0. The van der Waals surface area contributed by atoms with Gasteiger partial charge in [-0.2, -0.15) is 5.26 Å². The number of hydrogen-bond acceptors (Lipinski definition) is 3. The van der Waals surface area contributed by atoms with Crippen LogP contribution in [0.2, 0.25) is 0 Å². The van der Waals surface area contributed by atoms with Gasteiger partial charge in [0.05, 0.1) is 11.8 Å². The molecule has 0 amide bonds. The van der Waals surface area contributed by atoms with E-state index in [1.165, 1.54) is 5.57 Å². The van der Waals surface area contributed by atoms with Crippen molar-refractivity contribution in [1.82, 2.24) is 0 Å². The number of allylic oxidation sites excluding steroid dienone is 2. The first-order valence-electron chi connectivity index (χ1n) is 5.55. The smallest absolute Gasteiger partial charge is 0.106 e. The fraction of sp³-hybridized carbons (Fsp3) is 0.667.